The zero-order chi connectivity index (χ0) is 20.2. The first-order chi connectivity index (χ1) is 14.1. The summed E-state index contributed by atoms with van der Waals surface area (Å²) in [6, 6.07) is 14.3. The van der Waals surface area contributed by atoms with E-state index in [0.29, 0.717) is 36.1 Å². The van der Waals surface area contributed by atoms with E-state index in [2.05, 4.69) is 25.3 Å². The van der Waals surface area contributed by atoms with Crippen LogP contribution in [0.2, 0.25) is 0 Å². The Balaban J connectivity index is 1.66. The van der Waals surface area contributed by atoms with E-state index in [-0.39, 0.29) is 5.82 Å². The molecular formula is C22H20FN5O. The van der Waals surface area contributed by atoms with E-state index in [0.717, 1.165) is 16.8 Å². The van der Waals surface area contributed by atoms with Gasteiger partial charge in [-0.05, 0) is 31.5 Å². The second kappa shape index (κ2) is 8.18. The normalized spacial score (nSPS) is 10.9. The maximum Gasteiger partial charge on any atom is 0.247 e. The molecule has 6 nitrogen and oxygen atoms in total. The van der Waals surface area contributed by atoms with Gasteiger partial charge in [-0.25, -0.2) is 14.4 Å². The summed E-state index contributed by atoms with van der Waals surface area (Å²) in [7, 11) is 0. The zero-order valence-corrected chi connectivity index (χ0v) is 16.2. The molecule has 7 heteroatoms. The van der Waals surface area contributed by atoms with Crippen molar-refractivity contribution in [3.05, 3.63) is 71.7 Å². The lowest BCUT2D eigenvalue weighted by Gasteiger charge is -2.10. The van der Waals surface area contributed by atoms with E-state index < -0.39 is 0 Å². The van der Waals surface area contributed by atoms with Crippen LogP contribution in [0.5, 0.6) is 5.88 Å². The summed E-state index contributed by atoms with van der Waals surface area (Å²) in [5.41, 5.74) is 4.74. The molecule has 0 aliphatic rings. The Kier molecular flexibility index (Phi) is 5.29. The van der Waals surface area contributed by atoms with Gasteiger partial charge in [-0.1, -0.05) is 42.0 Å². The molecule has 0 saturated heterocycles. The number of nitrogens with zero attached hydrogens (tertiary/aromatic N) is 4. The summed E-state index contributed by atoms with van der Waals surface area (Å²) >= 11 is 0. The van der Waals surface area contributed by atoms with Gasteiger partial charge in [-0.3, -0.25) is 0 Å². The average molecular weight is 389 g/mol. The molecule has 2 aromatic heterocycles. The first kappa shape index (κ1) is 18.7. The molecular weight excluding hydrogens is 369 g/mol. The van der Waals surface area contributed by atoms with Gasteiger partial charge in [0.25, 0.3) is 0 Å². The number of anilines is 1. The molecule has 2 heterocycles. The Morgan fingerprint density at radius 2 is 1.72 bits per heavy atom. The van der Waals surface area contributed by atoms with Crippen molar-refractivity contribution in [2.24, 2.45) is 0 Å². The van der Waals surface area contributed by atoms with Gasteiger partial charge in [0.05, 0.1) is 18.5 Å². The van der Waals surface area contributed by atoms with Crippen LogP contribution in [0, 0.1) is 12.7 Å². The third-order valence-corrected chi connectivity index (χ3v) is 4.37. The van der Waals surface area contributed by atoms with Gasteiger partial charge in [0, 0.05) is 12.1 Å². The standard InChI is InChI=1S/C22H20FN5O/c1-3-29-21-19-20(24-13-18(26-19)16-8-4-14(2)5-9-16)27-22(28-21)25-12-15-6-10-17(23)11-7-15/h4-11,13H,3,12H2,1-2H3,(H,24,25,27,28). The molecule has 0 radical (unpaired) electrons. The predicted molar refractivity (Wildman–Crippen MR) is 110 cm³/mol. The fourth-order valence-corrected chi connectivity index (χ4v) is 2.85. The molecule has 0 fully saturated rings. The third kappa shape index (κ3) is 4.29. The fraction of sp³-hybridized carbons (Fsp3) is 0.182. The first-order valence-corrected chi connectivity index (χ1v) is 9.35. The Labute approximate surface area is 167 Å². The summed E-state index contributed by atoms with van der Waals surface area (Å²) in [4.78, 5) is 18.0. The predicted octanol–water partition coefficient (Wildman–Crippen LogP) is 4.55. The van der Waals surface area contributed by atoms with E-state index in [9.17, 15) is 4.39 Å². The molecule has 4 aromatic rings. The van der Waals surface area contributed by atoms with Gasteiger partial charge >= 0.3 is 0 Å². The highest BCUT2D eigenvalue weighted by Gasteiger charge is 2.13. The van der Waals surface area contributed by atoms with Crippen LogP contribution in [-0.4, -0.2) is 26.5 Å². The van der Waals surface area contributed by atoms with Crippen molar-refractivity contribution in [3.8, 4) is 17.1 Å². The monoisotopic (exact) mass is 389 g/mol. The molecule has 0 saturated carbocycles. The molecule has 29 heavy (non-hydrogen) atoms. The fourth-order valence-electron chi connectivity index (χ4n) is 2.85. The van der Waals surface area contributed by atoms with Crippen molar-refractivity contribution in [2.75, 3.05) is 11.9 Å². The highest BCUT2D eigenvalue weighted by atomic mass is 19.1. The maximum atomic E-state index is 13.1. The largest absolute Gasteiger partial charge is 0.476 e. The van der Waals surface area contributed by atoms with E-state index in [1.54, 1.807) is 18.3 Å². The molecule has 4 rings (SSSR count). The minimum absolute atomic E-state index is 0.269. The van der Waals surface area contributed by atoms with Gasteiger partial charge in [0.1, 0.15) is 5.82 Å². The van der Waals surface area contributed by atoms with Crippen molar-refractivity contribution in [1.29, 1.82) is 0 Å². The molecule has 0 unspecified atom stereocenters. The van der Waals surface area contributed by atoms with Crippen LogP contribution in [0.1, 0.15) is 18.1 Å². The lowest BCUT2D eigenvalue weighted by Crippen LogP contribution is -2.07. The van der Waals surface area contributed by atoms with Gasteiger partial charge in [0.15, 0.2) is 11.2 Å². The third-order valence-electron chi connectivity index (χ3n) is 4.37. The lowest BCUT2D eigenvalue weighted by molar-refractivity contribution is 0.330. The van der Waals surface area contributed by atoms with Gasteiger partial charge in [-0.2, -0.15) is 9.97 Å². The van der Waals surface area contributed by atoms with Crippen molar-refractivity contribution >= 4 is 17.1 Å². The molecule has 1 N–H and O–H groups in total. The van der Waals surface area contributed by atoms with Gasteiger partial charge in [0.2, 0.25) is 11.8 Å². The van der Waals surface area contributed by atoms with Crippen LogP contribution in [0.15, 0.2) is 54.7 Å². The number of hydrogen-bond donors (Lipinski definition) is 1. The number of hydrogen-bond acceptors (Lipinski definition) is 6. The molecule has 0 aliphatic carbocycles. The van der Waals surface area contributed by atoms with Crippen LogP contribution in [0.4, 0.5) is 10.3 Å². The second-order valence-corrected chi connectivity index (χ2v) is 6.56. The zero-order valence-electron chi connectivity index (χ0n) is 16.2. The summed E-state index contributed by atoms with van der Waals surface area (Å²) < 4.78 is 18.8. The smallest absolute Gasteiger partial charge is 0.247 e. The Morgan fingerprint density at radius 3 is 2.45 bits per heavy atom. The van der Waals surface area contributed by atoms with E-state index in [1.165, 1.54) is 17.7 Å². The van der Waals surface area contributed by atoms with Crippen LogP contribution in [0.3, 0.4) is 0 Å². The van der Waals surface area contributed by atoms with Crippen molar-refractivity contribution in [1.82, 2.24) is 19.9 Å². The number of fused-ring (bicyclic) bond motifs is 1. The van der Waals surface area contributed by atoms with Crippen LogP contribution >= 0.6 is 0 Å². The van der Waals surface area contributed by atoms with Gasteiger partial charge in [-0.15, -0.1) is 0 Å². The number of ether oxygens (including phenoxy) is 1. The minimum atomic E-state index is -0.269. The molecule has 0 aliphatic heterocycles. The van der Waals surface area contributed by atoms with E-state index in [1.807, 2.05) is 38.1 Å². The number of aromatic nitrogens is 4. The van der Waals surface area contributed by atoms with E-state index >= 15 is 0 Å². The quantitative estimate of drug-likeness (QED) is 0.522. The number of halogens is 1. The summed E-state index contributed by atoms with van der Waals surface area (Å²) in [5, 5.41) is 3.13. The molecule has 146 valence electrons. The highest BCUT2D eigenvalue weighted by Crippen LogP contribution is 2.25. The van der Waals surface area contributed by atoms with E-state index in [4.69, 9.17) is 4.74 Å². The number of rotatable bonds is 6. The lowest BCUT2D eigenvalue weighted by atomic mass is 10.1. The number of aryl methyl sites for hydroxylation is 1. The average Bonchev–Trinajstić information content (AvgIpc) is 2.74. The molecule has 0 spiro atoms. The van der Waals surface area contributed by atoms with Crippen LogP contribution in [0.25, 0.3) is 22.4 Å². The Bertz CT molecular complexity index is 1130. The number of nitrogens with one attached hydrogen (secondary N) is 1. The minimum Gasteiger partial charge on any atom is -0.476 e. The molecule has 0 amide bonds. The SMILES string of the molecule is CCOc1nc(NCc2ccc(F)cc2)nc2ncc(-c3ccc(C)cc3)nc12. The van der Waals surface area contributed by atoms with Crippen molar-refractivity contribution < 1.29 is 9.13 Å². The molecule has 0 atom stereocenters. The Morgan fingerprint density at radius 1 is 0.966 bits per heavy atom. The summed E-state index contributed by atoms with van der Waals surface area (Å²) in [6.07, 6.45) is 1.69. The first-order valence-electron chi connectivity index (χ1n) is 9.35. The topological polar surface area (TPSA) is 72.8 Å². The summed E-state index contributed by atoms with van der Waals surface area (Å²) in [6.45, 7) is 4.82. The second-order valence-electron chi connectivity index (χ2n) is 6.56. The maximum absolute atomic E-state index is 13.1. The Hall–Kier alpha value is -3.61. The summed E-state index contributed by atoms with van der Waals surface area (Å²) in [5.74, 6) is 0.484. The molecule has 0 bridgehead atoms. The molecule has 2 aromatic carbocycles. The highest BCUT2D eigenvalue weighted by molar-refractivity contribution is 5.79. The van der Waals surface area contributed by atoms with Crippen LogP contribution < -0.4 is 10.1 Å². The van der Waals surface area contributed by atoms with Crippen molar-refractivity contribution in [3.63, 3.8) is 0 Å². The van der Waals surface area contributed by atoms with Crippen LogP contribution in [-0.2, 0) is 6.54 Å². The number of benzene rings is 2. The van der Waals surface area contributed by atoms with Gasteiger partial charge < -0.3 is 10.1 Å². The van der Waals surface area contributed by atoms with Crippen molar-refractivity contribution in [2.45, 2.75) is 20.4 Å².